The third-order valence-corrected chi connectivity index (χ3v) is 3.20. The van der Waals surface area contributed by atoms with E-state index in [4.69, 9.17) is 4.74 Å². The first-order valence-corrected chi connectivity index (χ1v) is 6.28. The van der Waals surface area contributed by atoms with Crippen LogP contribution >= 0.6 is 31.9 Å². The summed E-state index contributed by atoms with van der Waals surface area (Å²) in [6.07, 6.45) is 1.53. The van der Waals surface area contributed by atoms with E-state index in [9.17, 15) is 9.90 Å². The summed E-state index contributed by atoms with van der Waals surface area (Å²) in [6, 6.07) is 3.42. The van der Waals surface area contributed by atoms with E-state index in [0.29, 0.717) is 21.6 Å². The first-order chi connectivity index (χ1) is 7.97. The Labute approximate surface area is 114 Å². The molecule has 1 aliphatic rings. The highest BCUT2D eigenvalue weighted by Gasteiger charge is 2.28. The van der Waals surface area contributed by atoms with E-state index in [1.54, 1.807) is 19.1 Å². The third kappa shape index (κ3) is 2.58. The number of halogens is 2. The van der Waals surface area contributed by atoms with Crippen molar-refractivity contribution >= 4 is 49.8 Å². The fourth-order valence-electron chi connectivity index (χ4n) is 1.41. The highest BCUT2D eigenvalue weighted by Crippen LogP contribution is 2.32. The molecule has 2 rings (SSSR count). The van der Waals surface area contributed by atoms with Gasteiger partial charge in [-0.3, -0.25) is 0 Å². The average molecular weight is 362 g/mol. The lowest BCUT2D eigenvalue weighted by Gasteiger charge is -2.02. The van der Waals surface area contributed by atoms with Crippen molar-refractivity contribution in [2.24, 2.45) is 0 Å². The zero-order valence-corrected chi connectivity index (χ0v) is 11.9. The minimum Gasteiger partial charge on any atom is -0.506 e. The molecule has 0 bridgehead atoms. The number of phenolic OH excluding ortho intramolecular Hbond substituents is 1. The van der Waals surface area contributed by atoms with E-state index in [2.05, 4.69) is 36.9 Å². The van der Waals surface area contributed by atoms with Crippen molar-refractivity contribution in [3.8, 4) is 5.75 Å². The summed E-state index contributed by atoms with van der Waals surface area (Å²) in [5.74, 6) is 0.0349. The van der Waals surface area contributed by atoms with Gasteiger partial charge < -0.3 is 9.84 Å². The highest BCUT2D eigenvalue weighted by molar-refractivity contribution is 9.11. The number of esters is 1. The van der Waals surface area contributed by atoms with Crippen molar-refractivity contribution in [3.63, 3.8) is 0 Å². The van der Waals surface area contributed by atoms with Crippen molar-refractivity contribution in [1.29, 1.82) is 0 Å². The molecular weight excluding hydrogens is 354 g/mol. The molecule has 0 fully saturated rings. The van der Waals surface area contributed by atoms with Crippen LogP contribution in [0, 0.1) is 0 Å². The number of ether oxygens (including phenoxy) is 1. The Kier molecular flexibility index (Phi) is 3.35. The molecule has 0 atom stereocenters. The number of aromatic hydroxyl groups is 1. The summed E-state index contributed by atoms with van der Waals surface area (Å²) in [6.45, 7) is 1.65. The van der Waals surface area contributed by atoms with Gasteiger partial charge in [-0.2, -0.15) is 4.99 Å². The maximum absolute atomic E-state index is 11.4. The quantitative estimate of drug-likeness (QED) is 0.585. The summed E-state index contributed by atoms with van der Waals surface area (Å²) in [5.41, 5.74) is 0.809. The van der Waals surface area contributed by atoms with E-state index >= 15 is 0 Å². The van der Waals surface area contributed by atoms with Gasteiger partial charge in [-0.05, 0) is 28.1 Å². The van der Waals surface area contributed by atoms with Gasteiger partial charge in [-0.15, -0.1) is 0 Å². The maximum atomic E-state index is 11.4. The Bertz CT molecular complexity index is 564. The molecule has 0 aromatic heterocycles. The van der Waals surface area contributed by atoms with Gasteiger partial charge in [0.15, 0.2) is 0 Å². The van der Waals surface area contributed by atoms with Crippen molar-refractivity contribution in [3.05, 3.63) is 32.3 Å². The molecule has 88 valence electrons. The molecule has 0 amide bonds. The number of hydrogen-bond acceptors (Lipinski definition) is 3. The number of rotatable bonds is 1. The van der Waals surface area contributed by atoms with Crippen LogP contribution in [-0.4, -0.2) is 17.0 Å². The lowest BCUT2D eigenvalue weighted by atomic mass is 10.1. The fourth-order valence-corrected chi connectivity index (χ4v) is 2.66. The molecule has 1 aromatic rings. The van der Waals surface area contributed by atoms with Crippen LogP contribution in [0.4, 0.5) is 0 Å². The van der Waals surface area contributed by atoms with Crippen molar-refractivity contribution < 1.29 is 19.6 Å². The molecule has 6 heteroatoms. The zero-order valence-electron chi connectivity index (χ0n) is 8.75. The molecule has 1 aromatic carbocycles. The minimum absolute atomic E-state index is 0.0693. The molecule has 17 heavy (non-hydrogen) atoms. The topological polar surface area (TPSA) is 60.5 Å². The second kappa shape index (κ2) is 4.62. The summed E-state index contributed by atoms with van der Waals surface area (Å²) < 4.78 is 6.18. The number of hydrogen-bond donors (Lipinski definition) is 2. The van der Waals surface area contributed by atoms with Crippen LogP contribution in [-0.2, 0) is 9.53 Å². The number of benzene rings is 1. The molecule has 1 heterocycles. The number of phenols is 1. The number of nitrogens with one attached hydrogen (secondary N) is 1. The molecular formula is C11H8Br2NO3+. The fraction of sp³-hybridized carbons (Fsp3) is 0.0909. The van der Waals surface area contributed by atoms with Gasteiger partial charge in [0.1, 0.15) is 5.75 Å². The average Bonchev–Trinajstić information content (AvgIpc) is 2.53. The number of carbonyl (C=O) groups excluding carboxylic acids is 1. The first-order valence-electron chi connectivity index (χ1n) is 4.70. The Balaban J connectivity index is 2.49. The number of carbonyl (C=O) groups is 1. The Morgan fingerprint density at radius 3 is 2.71 bits per heavy atom. The van der Waals surface area contributed by atoms with Crippen LogP contribution in [0.5, 0.6) is 5.75 Å². The van der Waals surface area contributed by atoms with E-state index in [1.165, 1.54) is 6.08 Å². The van der Waals surface area contributed by atoms with E-state index in [0.717, 1.165) is 4.47 Å². The van der Waals surface area contributed by atoms with Crippen LogP contribution in [0.3, 0.4) is 0 Å². The van der Waals surface area contributed by atoms with Gasteiger partial charge in [0.25, 0.3) is 5.70 Å². The van der Waals surface area contributed by atoms with Gasteiger partial charge in [0.2, 0.25) is 0 Å². The van der Waals surface area contributed by atoms with Crippen molar-refractivity contribution in [2.75, 3.05) is 0 Å². The monoisotopic (exact) mass is 360 g/mol. The lowest BCUT2D eigenvalue weighted by molar-refractivity contribution is -0.386. The molecule has 0 saturated heterocycles. The van der Waals surface area contributed by atoms with Crippen LogP contribution in [0.25, 0.3) is 6.08 Å². The predicted octanol–water partition coefficient (Wildman–Crippen LogP) is 1.31. The molecule has 0 spiro atoms. The predicted molar refractivity (Wildman–Crippen MR) is 69.2 cm³/mol. The molecule has 0 radical (unpaired) electrons. The molecule has 0 aliphatic carbocycles. The van der Waals surface area contributed by atoms with Crippen LogP contribution in [0.1, 0.15) is 12.5 Å². The molecule has 4 nitrogen and oxygen atoms in total. The van der Waals surface area contributed by atoms with Gasteiger partial charge in [-0.25, -0.2) is 4.79 Å². The summed E-state index contributed by atoms with van der Waals surface area (Å²) >= 11 is 6.53. The molecule has 2 N–H and O–H groups in total. The SMILES string of the molecule is CC1=[NH+]C(=Cc2cc(Br)cc(Br)c2O)C(=O)O1. The van der Waals surface area contributed by atoms with Crippen LogP contribution in [0.15, 0.2) is 26.8 Å². The Morgan fingerprint density at radius 2 is 2.12 bits per heavy atom. The Morgan fingerprint density at radius 1 is 1.41 bits per heavy atom. The van der Waals surface area contributed by atoms with Crippen molar-refractivity contribution in [1.82, 2.24) is 0 Å². The second-order valence-corrected chi connectivity index (χ2v) is 5.22. The zero-order chi connectivity index (χ0) is 12.6. The smallest absolute Gasteiger partial charge is 0.413 e. The van der Waals surface area contributed by atoms with E-state index in [1.807, 2.05) is 0 Å². The van der Waals surface area contributed by atoms with Gasteiger partial charge in [0.05, 0.1) is 11.4 Å². The van der Waals surface area contributed by atoms with E-state index in [-0.39, 0.29) is 5.75 Å². The molecule has 1 aliphatic heterocycles. The summed E-state index contributed by atoms with van der Waals surface area (Å²) in [5, 5.41) is 9.84. The van der Waals surface area contributed by atoms with Crippen molar-refractivity contribution in [2.45, 2.75) is 6.92 Å². The molecule has 0 saturated carbocycles. The number of cyclic esters (lactones) is 1. The normalized spacial score (nSPS) is 17.2. The third-order valence-electron chi connectivity index (χ3n) is 2.13. The highest BCUT2D eigenvalue weighted by atomic mass is 79.9. The standard InChI is InChI=1S/C11H7Br2NO3/c1-5-14-9(11(16)17-5)3-6-2-7(12)4-8(13)10(6)15/h2-4,15H,1H3/p+1. The van der Waals surface area contributed by atoms with Crippen LogP contribution < -0.4 is 4.99 Å². The summed E-state index contributed by atoms with van der Waals surface area (Å²) in [4.78, 5) is 14.2. The Hall–Kier alpha value is -1.14. The second-order valence-electron chi connectivity index (χ2n) is 3.45. The maximum Gasteiger partial charge on any atom is 0.413 e. The minimum atomic E-state index is -0.460. The van der Waals surface area contributed by atoms with E-state index < -0.39 is 5.97 Å². The van der Waals surface area contributed by atoms with Gasteiger partial charge in [0, 0.05) is 16.1 Å². The van der Waals surface area contributed by atoms with Gasteiger partial charge in [-0.1, -0.05) is 15.9 Å². The lowest BCUT2D eigenvalue weighted by Crippen LogP contribution is -2.67. The molecule has 0 unspecified atom stereocenters. The largest absolute Gasteiger partial charge is 0.506 e. The summed E-state index contributed by atoms with van der Waals surface area (Å²) in [7, 11) is 0. The van der Waals surface area contributed by atoms with Crippen LogP contribution in [0.2, 0.25) is 0 Å². The first kappa shape index (κ1) is 12.3. The van der Waals surface area contributed by atoms with Gasteiger partial charge >= 0.3 is 11.9 Å².